The summed E-state index contributed by atoms with van der Waals surface area (Å²) in [5, 5.41) is 13.9. The van der Waals surface area contributed by atoms with Gasteiger partial charge < -0.3 is 5.32 Å². The van der Waals surface area contributed by atoms with Gasteiger partial charge in [-0.3, -0.25) is 10.1 Å². The van der Waals surface area contributed by atoms with Crippen LogP contribution < -0.4 is 5.32 Å². The van der Waals surface area contributed by atoms with Crippen molar-refractivity contribution in [3.63, 3.8) is 0 Å². The van der Waals surface area contributed by atoms with Crippen molar-refractivity contribution in [2.75, 3.05) is 17.3 Å². The molecule has 0 radical (unpaired) electrons. The Hall–Kier alpha value is -1.63. The first-order chi connectivity index (χ1) is 8.60. The molecule has 1 aromatic carbocycles. The van der Waals surface area contributed by atoms with Crippen LogP contribution in [-0.4, -0.2) is 31.4 Å². The second-order valence-electron chi connectivity index (χ2n) is 4.85. The molecule has 106 valence electrons. The van der Waals surface area contributed by atoms with Gasteiger partial charge in [0.25, 0.3) is 5.69 Å². The zero-order valence-corrected chi connectivity index (χ0v) is 12.2. The summed E-state index contributed by atoms with van der Waals surface area (Å²) in [6.45, 7) is 5.23. The lowest BCUT2D eigenvalue weighted by molar-refractivity contribution is -0.385. The Kier molecular flexibility index (Phi) is 4.52. The van der Waals surface area contributed by atoms with Gasteiger partial charge in [0.05, 0.1) is 10.7 Å². The molecule has 0 aliphatic carbocycles. The standard InChI is InChI=1S/C12H18N2O4S/c1-8-5-9(2)12(14(15)16)6-11(8)13-10(3)7-19(4,17)18/h5-6,10,13H,7H2,1-4H3. The van der Waals surface area contributed by atoms with Crippen LogP contribution in [0.25, 0.3) is 0 Å². The smallest absolute Gasteiger partial charge is 0.274 e. The summed E-state index contributed by atoms with van der Waals surface area (Å²) in [5.41, 5.74) is 2.06. The van der Waals surface area contributed by atoms with Crippen molar-refractivity contribution in [1.29, 1.82) is 0 Å². The maximum Gasteiger partial charge on any atom is 0.274 e. The van der Waals surface area contributed by atoms with E-state index in [-0.39, 0.29) is 17.5 Å². The first-order valence-corrected chi connectivity index (χ1v) is 7.86. The topological polar surface area (TPSA) is 89.3 Å². The number of benzene rings is 1. The Balaban J connectivity index is 3.01. The molecule has 0 fully saturated rings. The predicted octanol–water partition coefficient (Wildman–Crippen LogP) is 2.06. The van der Waals surface area contributed by atoms with Gasteiger partial charge in [-0.25, -0.2) is 8.42 Å². The summed E-state index contributed by atoms with van der Waals surface area (Å²) >= 11 is 0. The Bertz CT molecular complexity index is 596. The molecule has 0 saturated heterocycles. The zero-order chi connectivity index (χ0) is 14.8. The van der Waals surface area contributed by atoms with Crippen LogP contribution in [0.3, 0.4) is 0 Å². The van der Waals surface area contributed by atoms with E-state index in [4.69, 9.17) is 0 Å². The monoisotopic (exact) mass is 286 g/mol. The lowest BCUT2D eigenvalue weighted by Gasteiger charge is -2.16. The Morgan fingerprint density at radius 3 is 2.37 bits per heavy atom. The van der Waals surface area contributed by atoms with Gasteiger partial charge in [-0.15, -0.1) is 0 Å². The molecule has 0 saturated carbocycles. The van der Waals surface area contributed by atoms with E-state index in [2.05, 4.69) is 5.32 Å². The Morgan fingerprint density at radius 2 is 1.89 bits per heavy atom. The number of aryl methyl sites for hydroxylation is 2. The van der Waals surface area contributed by atoms with Crippen LogP contribution in [0.1, 0.15) is 18.1 Å². The number of nitro groups is 1. The summed E-state index contributed by atoms with van der Waals surface area (Å²) in [6.07, 6.45) is 1.16. The summed E-state index contributed by atoms with van der Waals surface area (Å²) in [6, 6.07) is 2.85. The maximum absolute atomic E-state index is 11.2. The summed E-state index contributed by atoms with van der Waals surface area (Å²) in [5.74, 6) is -0.0197. The van der Waals surface area contributed by atoms with Crippen molar-refractivity contribution in [2.24, 2.45) is 0 Å². The fraction of sp³-hybridized carbons (Fsp3) is 0.500. The van der Waals surface area contributed by atoms with Gasteiger partial charge in [0.2, 0.25) is 0 Å². The quantitative estimate of drug-likeness (QED) is 0.661. The van der Waals surface area contributed by atoms with Crippen LogP contribution in [0.15, 0.2) is 12.1 Å². The van der Waals surface area contributed by atoms with E-state index in [9.17, 15) is 18.5 Å². The molecule has 0 amide bonds. The second-order valence-corrected chi connectivity index (χ2v) is 7.03. The van der Waals surface area contributed by atoms with Crippen molar-refractivity contribution < 1.29 is 13.3 Å². The fourth-order valence-corrected chi connectivity index (χ4v) is 2.95. The van der Waals surface area contributed by atoms with Gasteiger partial charge in [0.15, 0.2) is 0 Å². The normalized spacial score (nSPS) is 13.1. The van der Waals surface area contributed by atoms with Crippen LogP contribution in [0, 0.1) is 24.0 Å². The predicted molar refractivity (Wildman–Crippen MR) is 75.4 cm³/mol. The number of anilines is 1. The molecule has 7 heteroatoms. The minimum atomic E-state index is -3.09. The first-order valence-electron chi connectivity index (χ1n) is 5.80. The molecular weight excluding hydrogens is 268 g/mol. The molecule has 1 N–H and O–H groups in total. The van der Waals surface area contributed by atoms with Crippen molar-refractivity contribution in [1.82, 2.24) is 0 Å². The second kappa shape index (κ2) is 5.56. The van der Waals surface area contributed by atoms with Crippen LogP contribution in [-0.2, 0) is 9.84 Å². The van der Waals surface area contributed by atoms with Gasteiger partial charge in [-0.2, -0.15) is 0 Å². The molecule has 0 aliphatic rings. The molecule has 0 aliphatic heterocycles. The van der Waals surface area contributed by atoms with Crippen LogP contribution in [0.5, 0.6) is 0 Å². The molecule has 0 bridgehead atoms. The lowest BCUT2D eigenvalue weighted by Crippen LogP contribution is -2.25. The average Bonchev–Trinajstić information content (AvgIpc) is 2.18. The molecule has 1 rings (SSSR count). The lowest BCUT2D eigenvalue weighted by atomic mass is 10.1. The third-order valence-electron chi connectivity index (χ3n) is 2.69. The number of hydrogen-bond acceptors (Lipinski definition) is 5. The number of hydrogen-bond donors (Lipinski definition) is 1. The van der Waals surface area contributed by atoms with Gasteiger partial charge in [0.1, 0.15) is 9.84 Å². The van der Waals surface area contributed by atoms with Crippen LogP contribution in [0.4, 0.5) is 11.4 Å². The minimum Gasteiger partial charge on any atom is -0.381 e. The molecule has 19 heavy (non-hydrogen) atoms. The highest BCUT2D eigenvalue weighted by molar-refractivity contribution is 7.90. The van der Waals surface area contributed by atoms with E-state index in [1.165, 1.54) is 6.07 Å². The van der Waals surface area contributed by atoms with Gasteiger partial charge in [0, 0.05) is 29.6 Å². The van der Waals surface area contributed by atoms with Crippen molar-refractivity contribution in [2.45, 2.75) is 26.8 Å². The number of nitro benzene ring substituents is 1. The largest absolute Gasteiger partial charge is 0.381 e. The highest BCUT2D eigenvalue weighted by Crippen LogP contribution is 2.26. The fourth-order valence-electron chi connectivity index (χ4n) is 1.95. The van der Waals surface area contributed by atoms with Gasteiger partial charge >= 0.3 is 0 Å². The van der Waals surface area contributed by atoms with E-state index in [1.54, 1.807) is 19.9 Å². The molecule has 0 heterocycles. The van der Waals surface area contributed by atoms with Crippen molar-refractivity contribution in [3.05, 3.63) is 33.4 Å². The minimum absolute atomic E-state index is 0.0197. The maximum atomic E-state index is 11.2. The van der Waals surface area contributed by atoms with Crippen LogP contribution >= 0.6 is 0 Å². The van der Waals surface area contributed by atoms with Gasteiger partial charge in [-0.05, 0) is 32.4 Å². The van der Waals surface area contributed by atoms with E-state index in [0.717, 1.165) is 11.8 Å². The molecule has 1 atom stereocenters. The summed E-state index contributed by atoms with van der Waals surface area (Å²) < 4.78 is 22.4. The van der Waals surface area contributed by atoms with E-state index in [1.807, 2.05) is 6.92 Å². The highest BCUT2D eigenvalue weighted by atomic mass is 32.2. The molecule has 0 aromatic heterocycles. The zero-order valence-electron chi connectivity index (χ0n) is 11.4. The number of rotatable bonds is 5. The number of nitrogens with zero attached hydrogens (tertiary/aromatic N) is 1. The Morgan fingerprint density at radius 1 is 1.32 bits per heavy atom. The van der Waals surface area contributed by atoms with Gasteiger partial charge in [-0.1, -0.05) is 0 Å². The van der Waals surface area contributed by atoms with E-state index >= 15 is 0 Å². The van der Waals surface area contributed by atoms with Crippen LogP contribution in [0.2, 0.25) is 0 Å². The molecular formula is C12H18N2O4S. The Labute approximate surface area is 112 Å². The number of nitrogens with one attached hydrogen (secondary N) is 1. The first kappa shape index (κ1) is 15.4. The van der Waals surface area contributed by atoms with Crippen molar-refractivity contribution in [3.8, 4) is 0 Å². The third-order valence-corrected chi connectivity index (χ3v) is 3.80. The summed E-state index contributed by atoms with van der Waals surface area (Å²) in [7, 11) is -3.09. The number of sulfone groups is 1. The van der Waals surface area contributed by atoms with E-state index < -0.39 is 14.8 Å². The van der Waals surface area contributed by atoms with Crippen molar-refractivity contribution >= 4 is 21.2 Å². The van der Waals surface area contributed by atoms with E-state index in [0.29, 0.717) is 11.3 Å². The average molecular weight is 286 g/mol. The highest BCUT2D eigenvalue weighted by Gasteiger charge is 2.16. The summed E-state index contributed by atoms with van der Waals surface area (Å²) in [4.78, 5) is 10.4. The molecule has 1 aromatic rings. The molecule has 0 spiro atoms. The third kappa shape index (κ3) is 4.51. The SMILES string of the molecule is Cc1cc(C)c([N+](=O)[O-])cc1NC(C)CS(C)(=O)=O. The molecule has 6 nitrogen and oxygen atoms in total. The molecule has 1 unspecified atom stereocenters.